The van der Waals surface area contributed by atoms with Crippen molar-refractivity contribution >= 4 is 0 Å². The van der Waals surface area contributed by atoms with Gasteiger partial charge in [0.15, 0.2) is 0 Å². The van der Waals surface area contributed by atoms with Crippen LogP contribution in [0, 0.1) is 0 Å². The van der Waals surface area contributed by atoms with Crippen LogP contribution >= 0.6 is 0 Å². The number of nitrogens with zero attached hydrogens (tertiary/aromatic N) is 3. The summed E-state index contributed by atoms with van der Waals surface area (Å²) in [5.41, 5.74) is 1.07. The maximum atomic E-state index is 5.49. The zero-order valence-corrected chi connectivity index (χ0v) is 12.7. The average Bonchev–Trinajstić information content (AvgIpc) is 2.99. The Morgan fingerprint density at radius 3 is 2.60 bits per heavy atom. The average molecular weight is 273 g/mol. The van der Waals surface area contributed by atoms with Crippen LogP contribution in [-0.4, -0.2) is 35.7 Å². The van der Waals surface area contributed by atoms with Gasteiger partial charge >= 0.3 is 0 Å². The van der Waals surface area contributed by atoms with Crippen LogP contribution < -0.4 is 4.74 Å². The number of methoxy groups -OCH3 is 1. The van der Waals surface area contributed by atoms with Gasteiger partial charge in [-0.15, -0.1) is 0 Å². The molecule has 0 aliphatic heterocycles. The van der Waals surface area contributed by atoms with Crippen molar-refractivity contribution in [1.82, 2.24) is 14.5 Å². The first kappa shape index (κ1) is 14.6. The minimum atomic E-state index is -0.134. The molecule has 0 bridgehead atoms. The lowest BCUT2D eigenvalue weighted by Gasteiger charge is -2.41. The van der Waals surface area contributed by atoms with Crippen molar-refractivity contribution in [3.05, 3.63) is 48.5 Å². The van der Waals surface area contributed by atoms with Crippen LogP contribution in [0.4, 0.5) is 0 Å². The van der Waals surface area contributed by atoms with E-state index in [0.717, 1.165) is 18.6 Å². The van der Waals surface area contributed by atoms with E-state index in [1.165, 1.54) is 5.56 Å². The predicted octanol–water partition coefficient (Wildman–Crippen LogP) is 2.76. The minimum absolute atomic E-state index is 0.134. The summed E-state index contributed by atoms with van der Waals surface area (Å²) in [4.78, 5) is 6.46. The Labute approximate surface area is 121 Å². The molecule has 20 heavy (non-hydrogen) atoms. The number of rotatable bonds is 6. The van der Waals surface area contributed by atoms with Gasteiger partial charge in [-0.25, -0.2) is 4.98 Å². The van der Waals surface area contributed by atoms with E-state index in [-0.39, 0.29) is 5.66 Å². The summed E-state index contributed by atoms with van der Waals surface area (Å²) in [6, 6.07) is 8.20. The van der Waals surface area contributed by atoms with Gasteiger partial charge in [0.2, 0.25) is 0 Å². The monoisotopic (exact) mass is 273 g/mol. The summed E-state index contributed by atoms with van der Waals surface area (Å²) in [5.74, 6) is 0.937. The molecule has 0 saturated carbocycles. The van der Waals surface area contributed by atoms with E-state index in [0.29, 0.717) is 0 Å². The Morgan fingerprint density at radius 2 is 2.05 bits per heavy atom. The quantitative estimate of drug-likeness (QED) is 0.810. The standard InChI is InChI=1S/C16H23N3O/c1-5-16(18(2)3,19-11-10-17-13-19)12-14-8-6-7-9-15(14)20-4/h6-11,13H,5,12H2,1-4H3. The molecule has 0 amide bonds. The number of likely N-dealkylation sites (N-methyl/N-ethyl adjacent to an activating group) is 1. The zero-order valence-electron chi connectivity index (χ0n) is 12.7. The summed E-state index contributed by atoms with van der Waals surface area (Å²) >= 11 is 0. The van der Waals surface area contributed by atoms with Gasteiger partial charge in [0.05, 0.1) is 13.4 Å². The number of benzene rings is 1. The molecule has 1 heterocycles. The van der Waals surface area contributed by atoms with Crippen LogP contribution in [0.15, 0.2) is 43.0 Å². The number of hydrogen-bond acceptors (Lipinski definition) is 3. The Bertz CT molecular complexity index is 536. The summed E-state index contributed by atoms with van der Waals surface area (Å²) in [6.45, 7) is 2.20. The van der Waals surface area contributed by atoms with Crippen molar-refractivity contribution < 1.29 is 4.74 Å². The van der Waals surface area contributed by atoms with Crippen molar-refractivity contribution in [2.45, 2.75) is 25.4 Å². The third-order valence-corrected chi connectivity index (χ3v) is 4.05. The molecular formula is C16H23N3O. The third-order valence-electron chi connectivity index (χ3n) is 4.05. The molecule has 0 radical (unpaired) electrons. The van der Waals surface area contributed by atoms with Crippen molar-refractivity contribution in [2.75, 3.05) is 21.2 Å². The first-order chi connectivity index (χ1) is 9.64. The van der Waals surface area contributed by atoms with Gasteiger partial charge in [0.25, 0.3) is 0 Å². The van der Waals surface area contributed by atoms with Crippen LogP contribution in [-0.2, 0) is 12.1 Å². The van der Waals surface area contributed by atoms with E-state index in [2.05, 4.69) is 47.6 Å². The highest BCUT2D eigenvalue weighted by molar-refractivity contribution is 5.34. The van der Waals surface area contributed by atoms with Crippen molar-refractivity contribution in [3.8, 4) is 5.75 Å². The second-order valence-electron chi connectivity index (χ2n) is 5.19. The maximum Gasteiger partial charge on any atom is 0.122 e. The van der Waals surface area contributed by atoms with Crippen LogP contribution in [0.2, 0.25) is 0 Å². The van der Waals surface area contributed by atoms with Gasteiger partial charge in [0.1, 0.15) is 11.4 Å². The lowest BCUT2D eigenvalue weighted by atomic mass is 9.94. The number of imidazole rings is 1. The molecule has 2 aromatic rings. The summed E-state index contributed by atoms with van der Waals surface area (Å²) in [5, 5.41) is 0. The Hall–Kier alpha value is -1.81. The Balaban J connectivity index is 2.43. The summed E-state index contributed by atoms with van der Waals surface area (Å²) in [7, 11) is 5.94. The van der Waals surface area contributed by atoms with Gasteiger partial charge in [-0.3, -0.25) is 4.90 Å². The second kappa shape index (κ2) is 6.09. The molecule has 0 aliphatic carbocycles. The van der Waals surface area contributed by atoms with E-state index >= 15 is 0 Å². The van der Waals surface area contributed by atoms with E-state index in [1.807, 2.05) is 30.9 Å². The first-order valence-corrected chi connectivity index (χ1v) is 6.92. The molecule has 0 spiro atoms. The highest BCUT2D eigenvalue weighted by atomic mass is 16.5. The van der Waals surface area contributed by atoms with E-state index in [4.69, 9.17) is 4.74 Å². The number of hydrogen-bond donors (Lipinski definition) is 0. The molecule has 0 fully saturated rings. The SMILES string of the molecule is CCC(Cc1ccccc1OC)(N(C)C)n1ccnc1. The van der Waals surface area contributed by atoms with Gasteiger partial charge in [-0.05, 0) is 32.1 Å². The fraction of sp³-hybridized carbons (Fsp3) is 0.438. The predicted molar refractivity (Wildman–Crippen MR) is 80.9 cm³/mol. The normalized spacial score (nSPS) is 14.2. The fourth-order valence-electron chi connectivity index (χ4n) is 2.76. The van der Waals surface area contributed by atoms with E-state index in [9.17, 15) is 0 Å². The second-order valence-corrected chi connectivity index (χ2v) is 5.19. The molecule has 1 aromatic heterocycles. The summed E-state index contributed by atoms with van der Waals surface area (Å²) < 4.78 is 7.67. The van der Waals surface area contributed by atoms with Gasteiger partial charge < -0.3 is 9.30 Å². The van der Waals surface area contributed by atoms with Crippen molar-refractivity contribution in [1.29, 1.82) is 0 Å². The molecular weight excluding hydrogens is 250 g/mol. The van der Waals surface area contributed by atoms with Crippen LogP contribution in [0.5, 0.6) is 5.75 Å². The topological polar surface area (TPSA) is 30.3 Å². The molecule has 4 nitrogen and oxygen atoms in total. The fourth-order valence-corrected chi connectivity index (χ4v) is 2.76. The number of para-hydroxylation sites is 1. The molecule has 108 valence electrons. The van der Waals surface area contributed by atoms with E-state index in [1.54, 1.807) is 7.11 Å². The zero-order chi connectivity index (χ0) is 14.6. The molecule has 1 atom stereocenters. The Morgan fingerprint density at radius 1 is 1.30 bits per heavy atom. The molecule has 4 heteroatoms. The van der Waals surface area contributed by atoms with Crippen LogP contribution in [0.3, 0.4) is 0 Å². The third kappa shape index (κ3) is 2.56. The Kier molecular flexibility index (Phi) is 4.45. The van der Waals surface area contributed by atoms with Crippen molar-refractivity contribution in [3.63, 3.8) is 0 Å². The highest BCUT2D eigenvalue weighted by Crippen LogP contribution is 2.31. The number of aromatic nitrogens is 2. The molecule has 0 aliphatic rings. The van der Waals surface area contributed by atoms with Gasteiger partial charge in [-0.1, -0.05) is 25.1 Å². The largest absolute Gasteiger partial charge is 0.496 e. The molecule has 1 unspecified atom stereocenters. The van der Waals surface area contributed by atoms with Crippen LogP contribution in [0.25, 0.3) is 0 Å². The van der Waals surface area contributed by atoms with Crippen molar-refractivity contribution in [2.24, 2.45) is 0 Å². The van der Waals surface area contributed by atoms with Crippen LogP contribution in [0.1, 0.15) is 18.9 Å². The lowest BCUT2D eigenvalue weighted by Crippen LogP contribution is -2.47. The smallest absolute Gasteiger partial charge is 0.122 e. The molecule has 2 rings (SSSR count). The molecule has 1 aromatic carbocycles. The number of ether oxygens (including phenoxy) is 1. The molecule has 0 N–H and O–H groups in total. The maximum absolute atomic E-state index is 5.49. The van der Waals surface area contributed by atoms with E-state index < -0.39 is 0 Å². The highest BCUT2D eigenvalue weighted by Gasteiger charge is 2.33. The van der Waals surface area contributed by atoms with Gasteiger partial charge in [0, 0.05) is 18.8 Å². The lowest BCUT2D eigenvalue weighted by molar-refractivity contribution is 0.0599. The van der Waals surface area contributed by atoms with Gasteiger partial charge in [-0.2, -0.15) is 0 Å². The minimum Gasteiger partial charge on any atom is -0.496 e. The molecule has 0 saturated heterocycles. The summed E-state index contributed by atoms with van der Waals surface area (Å²) in [6.07, 6.45) is 7.60. The first-order valence-electron chi connectivity index (χ1n) is 6.92.